The van der Waals surface area contributed by atoms with Gasteiger partial charge in [0.15, 0.2) is 0 Å². The fourth-order valence-electron chi connectivity index (χ4n) is 2.11. The Bertz CT molecular complexity index is 835. The third-order valence-corrected chi connectivity index (χ3v) is 5.03. The van der Waals surface area contributed by atoms with E-state index in [1.54, 1.807) is 44.2 Å². The second-order valence-corrected chi connectivity index (χ2v) is 7.77. The lowest BCUT2D eigenvalue weighted by Gasteiger charge is -2.11. The number of hydrogen-bond acceptors (Lipinski definition) is 3. The van der Waals surface area contributed by atoms with E-state index in [0.29, 0.717) is 11.6 Å². The van der Waals surface area contributed by atoms with Crippen LogP contribution in [0, 0.1) is 0 Å². The summed E-state index contributed by atoms with van der Waals surface area (Å²) in [7, 11) is -3.64. The normalized spacial score (nSPS) is 11.5. The molecule has 1 amide bonds. The maximum absolute atomic E-state index is 12.2. The van der Waals surface area contributed by atoms with Crippen LogP contribution >= 0.6 is 11.6 Å². The molecule has 2 aromatic carbocycles. The van der Waals surface area contributed by atoms with Crippen LogP contribution in [0.1, 0.15) is 29.8 Å². The van der Waals surface area contributed by atoms with Gasteiger partial charge >= 0.3 is 0 Å². The molecule has 2 rings (SSSR count). The van der Waals surface area contributed by atoms with Crippen LogP contribution in [0.4, 0.5) is 0 Å². The van der Waals surface area contributed by atoms with Crippen molar-refractivity contribution in [2.75, 3.05) is 0 Å². The molecule has 0 spiro atoms. The van der Waals surface area contributed by atoms with Gasteiger partial charge in [-0.25, -0.2) is 13.1 Å². The van der Waals surface area contributed by atoms with E-state index in [1.807, 2.05) is 6.07 Å². The van der Waals surface area contributed by atoms with E-state index in [0.717, 1.165) is 5.56 Å². The molecule has 0 aliphatic rings. The number of nitrogens with one attached hydrogen (secondary N) is 2. The van der Waals surface area contributed by atoms with Gasteiger partial charge in [-0.3, -0.25) is 4.79 Å². The second-order valence-electron chi connectivity index (χ2n) is 5.62. The standard InChI is InChI=1S/C17H19ClN2O3S/c1-12(2)20-24(22,23)16-8-4-6-14(10-16)17(21)19-11-13-5-3-7-15(18)9-13/h3-10,12,20H,11H2,1-2H3,(H,19,21). The van der Waals surface area contributed by atoms with Gasteiger partial charge in [-0.1, -0.05) is 29.8 Å². The highest BCUT2D eigenvalue weighted by molar-refractivity contribution is 7.89. The summed E-state index contributed by atoms with van der Waals surface area (Å²) >= 11 is 5.90. The maximum Gasteiger partial charge on any atom is 0.251 e. The van der Waals surface area contributed by atoms with Crippen LogP contribution in [0.5, 0.6) is 0 Å². The Morgan fingerprint density at radius 3 is 2.50 bits per heavy atom. The number of halogens is 1. The molecule has 0 unspecified atom stereocenters. The first-order chi connectivity index (χ1) is 11.3. The van der Waals surface area contributed by atoms with Crippen LogP contribution in [0.3, 0.4) is 0 Å². The van der Waals surface area contributed by atoms with Crippen molar-refractivity contribution in [2.45, 2.75) is 31.3 Å². The molecule has 5 nitrogen and oxygen atoms in total. The van der Waals surface area contributed by atoms with Crippen molar-refractivity contribution >= 4 is 27.5 Å². The first-order valence-electron chi connectivity index (χ1n) is 7.43. The number of rotatable bonds is 6. The fourth-order valence-corrected chi connectivity index (χ4v) is 3.62. The zero-order valence-corrected chi connectivity index (χ0v) is 15.0. The molecule has 0 radical (unpaired) electrons. The van der Waals surface area contributed by atoms with E-state index in [4.69, 9.17) is 11.6 Å². The molecule has 0 bridgehead atoms. The van der Waals surface area contributed by atoms with Crippen LogP contribution in [0.2, 0.25) is 5.02 Å². The molecular formula is C17H19ClN2O3S. The van der Waals surface area contributed by atoms with Crippen LogP contribution < -0.4 is 10.0 Å². The second kappa shape index (κ2) is 7.79. The van der Waals surface area contributed by atoms with Gasteiger partial charge in [-0.2, -0.15) is 0 Å². The summed E-state index contributed by atoms with van der Waals surface area (Å²) in [5.74, 6) is -0.350. The number of sulfonamides is 1. The molecule has 0 aliphatic carbocycles. The SMILES string of the molecule is CC(C)NS(=O)(=O)c1cccc(C(=O)NCc2cccc(Cl)c2)c1. The minimum Gasteiger partial charge on any atom is -0.348 e. The Labute approximate surface area is 147 Å². The average molecular weight is 367 g/mol. The Morgan fingerprint density at radius 1 is 1.12 bits per heavy atom. The van der Waals surface area contributed by atoms with E-state index >= 15 is 0 Å². The van der Waals surface area contributed by atoms with Gasteiger partial charge < -0.3 is 5.32 Å². The van der Waals surface area contributed by atoms with Crippen molar-refractivity contribution in [1.82, 2.24) is 10.0 Å². The number of benzene rings is 2. The van der Waals surface area contributed by atoms with Gasteiger partial charge in [0.25, 0.3) is 5.91 Å². The van der Waals surface area contributed by atoms with E-state index in [-0.39, 0.29) is 22.4 Å². The minimum atomic E-state index is -3.64. The molecule has 7 heteroatoms. The summed E-state index contributed by atoms with van der Waals surface area (Å²) in [6.45, 7) is 3.78. The van der Waals surface area contributed by atoms with Crippen molar-refractivity contribution in [3.8, 4) is 0 Å². The maximum atomic E-state index is 12.2. The number of amides is 1. The number of hydrogen-bond donors (Lipinski definition) is 2. The first-order valence-corrected chi connectivity index (χ1v) is 9.29. The molecule has 0 aromatic heterocycles. The molecule has 0 saturated carbocycles. The molecule has 2 aromatic rings. The van der Waals surface area contributed by atoms with Crippen molar-refractivity contribution in [3.63, 3.8) is 0 Å². The third kappa shape index (κ3) is 5.06. The highest BCUT2D eigenvalue weighted by Crippen LogP contribution is 2.13. The van der Waals surface area contributed by atoms with Crippen molar-refractivity contribution in [1.29, 1.82) is 0 Å². The van der Waals surface area contributed by atoms with E-state index in [1.165, 1.54) is 12.1 Å². The summed E-state index contributed by atoms with van der Waals surface area (Å²) in [5, 5.41) is 3.34. The third-order valence-electron chi connectivity index (χ3n) is 3.14. The summed E-state index contributed by atoms with van der Waals surface area (Å²) in [5.41, 5.74) is 1.14. The smallest absolute Gasteiger partial charge is 0.251 e. The van der Waals surface area contributed by atoms with Crippen LogP contribution in [-0.4, -0.2) is 20.4 Å². The fraction of sp³-hybridized carbons (Fsp3) is 0.235. The zero-order chi connectivity index (χ0) is 17.7. The average Bonchev–Trinajstić information content (AvgIpc) is 2.51. The zero-order valence-electron chi connectivity index (χ0n) is 13.4. The topological polar surface area (TPSA) is 75.3 Å². The summed E-state index contributed by atoms with van der Waals surface area (Å²) in [4.78, 5) is 12.3. The van der Waals surface area contributed by atoms with Gasteiger partial charge in [0.05, 0.1) is 4.90 Å². The van der Waals surface area contributed by atoms with Crippen molar-refractivity contribution < 1.29 is 13.2 Å². The Kier molecular flexibility index (Phi) is 5.99. The number of carbonyl (C=O) groups is 1. The summed E-state index contributed by atoms with van der Waals surface area (Å²) < 4.78 is 26.8. The first kappa shape index (κ1) is 18.4. The number of carbonyl (C=O) groups excluding carboxylic acids is 1. The minimum absolute atomic E-state index is 0.0617. The highest BCUT2D eigenvalue weighted by Gasteiger charge is 2.17. The van der Waals surface area contributed by atoms with Crippen LogP contribution in [-0.2, 0) is 16.6 Å². The van der Waals surface area contributed by atoms with Gasteiger partial charge in [0.1, 0.15) is 0 Å². The molecule has 0 saturated heterocycles. The van der Waals surface area contributed by atoms with Crippen LogP contribution in [0.15, 0.2) is 53.4 Å². The summed E-state index contributed by atoms with van der Waals surface area (Å²) in [6, 6.07) is 12.9. The molecule has 0 heterocycles. The van der Waals surface area contributed by atoms with E-state index in [9.17, 15) is 13.2 Å². The molecular weight excluding hydrogens is 348 g/mol. The lowest BCUT2D eigenvalue weighted by Crippen LogP contribution is -2.30. The highest BCUT2D eigenvalue weighted by atomic mass is 35.5. The quantitative estimate of drug-likeness (QED) is 0.825. The monoisotopic (exact) mass is 366 g/mol. The lowest BCUT2D eigenvalue weighted by molar-refractivity contribution is 0.0950. The van der Waals surface area contributed by atoms with Gasteiger partial charge in [0, 0.05) is 23.2 Å². The lowest BCUT2D eigenvalue weighted by atomic mass is 10.2. The van der Waals surface area contributed by atoms with Gasteiger partial charge in [-0.05, 0) is 49.7 Å². The molecule has 0 aliphatic heterocycles. The van der Waals surface area contributed by atoms with Gasteiger partial charge in [0.2, 0.25) is 10.0 Å². The molecule has 128 valence electrons. The molecule has 0 atom stereocenters. The Hall–Kier alpha value is -1.89. The molecule has 2 N–H and O–H groups in total. The van der Waals surface area contributed by atoms with E-state index < -0.39 is 10.0 Å². The Balaban J connectivity index is 2.12. The van der Waals surface area contributed by atoms with Gasteiger partial charge in [-0.15, -0.1) is 0 Å². The Morgan fingerprint density at radius 2 is 1.83 bits per heavy atom. The predicted octanol–water partition coefficient (Wildman–Crippen LogP) is 2.96. The molecule has 24 heavy (non-hydrogen) atoms. The van der Waals surface area contributed by atoms with Crippen LogP contribution in [0.25, 0.3) is 0 Å². The predicted molar refractivity (Wildman–Crippen MR) is 94.5 cm³/mol. The van der Waals surface area contributed by atoms with Crippen molar-refractivity contribution in [2.24, 2.45) is 0 Å². The summed E-state index contributed by atoms with van der Waals surface area (Å²) in [6.07, 6.45) is 0. The van der Waals surface area contributed by atoms with Crippen molar-refractivity contribution in [3.05, 3.63) is 64.7 Å². The molecule has 0 fully saturated rings. The van der Waals surface area contributed by atoms with E-state index in [2.05, 4.69) is 10.0 Å². The largest absolute Gasteiger partial charge is 0.348 e.